The number of rotatable bonds is 5. The lowest BCUT2D eigenvalue weighted by atomic mass is 9.80. The first-order valence-corrected chi connectivity index (χ1v) is 5.94. The molecule has 0 spiro atoms. The molecule has 0 heterocycles. The maximum Gasteiger partial charge on any atom is 0.304 e. The number of ether oxygens (including phenoxy) is 1. The predicted octanol–water partition coefficient (Wildman–Crippen LogP) is 2.72. The Kier molecular flexibility index (Phi) is 4.22. The molecular weight excluding hydrogens is 232 g/mol. The molecular formula is C14H20O4. The van der Waals surface area contributed by atoms with E-state index in [1.807, 2.05) is 13.0 Å². The number of benzene rings is 1. The lowest BCUT2D eigenvalue weighted by molar-refractivity contribution is -0.138. The highest BCUT2D eigenvalue weighted by molar-refractivity contribution is 5.69. The van der Waals surface area contributed by atoms with Crippen molar-refractivity contribution in [3.05, 3.63) is 23.3 Å². The van der Waals surface area contributed by atoms with Gasteiger partial charge >= 0.3 is 5.97 Å². The molecule has 4 heteroatoms. The molecule has 0 aliphatic rings. The number of aryl methyl sites for hydroxylation is 1. The van der Waals surface area contributed by atoms with Crippen LogP contribution >= 0.6 is 0 Å². The minimum Gasteiger partial charge on any atom is -0.504 e. The van der Waals surface area contributed by atoms with Gasteiger partial charge < -0.3 is 14.9 Å². The van der Waals surface area contributed by atoms with E-state index in [9.17, 15) is 9.90 Å². The van der Waals surface area contributed by atoms with E-state index >= 15 is 0 Å². The van der Waals surface area contributed by atoms with Crippen molar-refractivity contribution in [1.29, 1.82) is 0 Å². The number of hydrogen-bond acceptors (Lipinski definition) is 3. The SMILES string of the molecule is CCc1cc(OC)c(O)c(C(C)(C)CC(=O)O)c1. The minimum atomic E-state index is -0.889. The smallest absolute Gasteiger partial charge is 0.304 e. The monoisotopic (exact) mass is 252 g/mol. The van der Waals surface area contributed by atoms with E-state index in [1.165, 1.54) is 7.11 Å². The first kappa shape index (κ1) is 14.4. The zero-order chi connectivity index (χ0) is 13.9. The second-order valence-electron chi connectivity index (χ2n) is 5.00. The van der Waals surface area contributed by atoms with Crippen LogP contribution in [0.5, 0.6) is 11.5 Å². The van der Waals surface area contributed by atoms with Gasteiger partial charge in [0.25, 0.3) is 0 Å². The number of carbonyl (C=O) groups is 1. The molecule has 0 aliphatic heterocycles. The van der Waals surface area contributed by atoms with Crippen molar-refractivity contribution in [3.8, 4) is 11.5 Å². The van der Waals surface area contributed by atoms with Crippen LogP contribution in [0.2, 0.25) is 0 Å². The van der Waals surface area contributed by atoms with Gasteiger partial charge in [0.1, 0.15) is 0 Å². The van der Waals surface area contributed by atoms with Gasteiger partial charge in [-0.2, -0.15) is 0 Å². The number of phenols is 1. The molecule has 100 valence electrons. The third kappa shape index (κ3) is 2.94. The Morgan fingerprint density at radius 1 is 1.39 bits per heavy atom. The number of aromatic hydroxyl groups is 1. The van der Waals surface area contributed by atoms with E-state index in [4.69, 9.17) is 9.84 Å². The molecule has 0 radical (unpaired) electrons. The maximum atomic E-state index is 10.9. The summed E-state index contributed by atoms with van der Waals surface area (Å²) in [6.45, 7) is 5.60. The van der Waals surface area contributed by atoms with Gasteiger partial charge in [0.2, 0.25) is 0 Å². The third-order valence-corrected chi connectivity index (χ3v) is 3.09. The topological polar surface area (TPSA) is 66.8 Å². The Bertz CT molecular complexity index is 449. The Hall–Kier alpha value is -1.71. The van der Waals surface area contributed by atoms with Gasteiger partial charge in [-0.05, 0) is 18.1 Å². The lowest BCUT2D eigenvalue weighted by Gasteiger charge is -2.25. The summed E-state index contributed by atoms with van der Waals surface area (Å²) >= 11 is 0. The lowest BCUT2D eigenvalue weighted by Crippen LogP contribution is -2.22. The fourth-order valence-electron chi connectivity index (χ4n) is 2.01. The van der Waals surface area contributed by atoms with Crippen LogP contribution in [-0.4, -0.2) is 23.3 Å². The van der Waals surface area contributed by atoms with Gasteiger partial charge in [-0.1, -0.05) is 26.8 Å². The number of aliphatic carboxylic acids is 1. The van der Waals surface area contributed by atoms with Crippen LogP contribution < -0.4 is 4.74 Å². The summed E-state index contributed by atoms with van der Waals surface area (Å²) in [7, 11) is 1.49. The van der Waals surface area contributed by atoms with Gasteiger partial charge in [0, 0.05) is 11.0 Å². The highest BCUT2D eigenvalue weighted by Crippen LogP contribution is 2.40. The molecule has 0 aliphatic carbocycles. The van der Waals surface area contributed by atoms with Crippen molar-refractivity contribution < 1.29 is 19.7 Å². The van der Waals surface area contributed by atoms with Gasteiger partial charge in [0.05, 0.1) is 13.5 Å². The van der Waals surface area contributed by atoms with E-state index < -0.39 is 11.4 Å². The molecule has 0 amide bonds. The summed E-state index contributed by atoms with van der Waals surface area (Å²) in [5.74, 6) is -0.468. The summed E-state index contributed by atoms with van der Waals surface area (Å²) in [6, 6.07) is 3.62. The van der Waals surface area contributed by atoms with Crippen LogP contribution in [-0.2, 0) is 16.6 Å². The summed E-state index contributed by atoms with van der Waals surface area (Å²) in [5, 5.41) is 19.1. The maximum absolute atomic E-state index is 10.9. The minimum absolute atomic E-state index is 0.0287. The standard InChI is InChI=1S/C14H20O4/c1-5-9-6-10(13(17)11(7-9)18-4)14(2,3)8-12(15)16/h6-7,17H,5,8H2,1-4H3,(H,15,16). The Labute approximate surface area is 107 Å². The first-order valence-electron chi connectivity index (χ1n) is 5.94. The Balaban J connectivity index is 3.33. The molecule has 0 bridgehead atoms. The van der Waals surface area contributed by atoms with E-state index in [-0.39, 0.29) is 12.2 Å². The Morgan fingerprint density at radius 3 is 2.44 bits per heavy atom. The molecule has 2 N–H and O–H groups in total. The van der Waals surface area contributed by atoms with Crippen LogP contribution in [0.25, 0.3) is 0 Å². The molecule has 1 rings (SSSR count). The summed E-state index contributed by atoms with van der Waals surface area (Å²) in [4.78, 5) is 10.9. The summed E-state index contributed by atoms with van der Waals surface area (Å²) < 4.78 is 5.13. The molecule has 0 aromatic heterocycles. The van der Waals surface area contributed by atoms with E-state index in [0.29, 0.717) is 11.3 Å². The summed E-state index contributed by atoms with van der Waals surface area (Å²) in [5.41, 5.74) is 0.980. The second-order valence-corrected chi connectivity index (χ2v) is 5.00. The third-order valence-electron chi connectivity index (χ3n) is 3.09. The number of carboxylic acids is 1. The highest BCUT2D eigenvalue weighted by atomic mass is 16.5. The van der Waals surface area contributed by atoms with Crippen molar-refractivity contribution >= 4 is 5.97 Å². The number of phenolic OH excluding ortho intramolecular Hbond substituents is 1. The molecule has 4 nitrogen and oxygen atoms in total. The van der Waals surface area contributed by atoms with Gasteiger partial charge in [-0.25, -0.2) is 0 Å². The van der Waals surface area contributed by atoms with Gasteiger partial charge in [0.15, 0.2) is 11.5 Å². The van der Waals surface area contributed by atoms with Crippen LogP contribution in [0.15, 0.2) is 12.1 Å². The largest absolute Gasteiger partial charge is 0.504 e. The van der Waals surface area contributed by atoms with Crippen molar-refractivity contribution in [1.82, 2.24) is 0 Å². The summed E-state index contributed by atoms with van der Waals surface area (Å²) in [6.07, 6.45) is 0.754. The number of hydrogen-bond donors (Lipinski definition) is 2. The first-order chi connectivity index (χ1) is 8.31. The molecule has 1 aromatic rings. The molecule has 0 atom stereocenters. The van der Waals surface area contributed by atoms with Gasteiger partial charge in [-0.15, -0.1) is 0 Å². The zero-order valence-electron chi connectivity index (χ0n) is 11.3. The molecule has 0 fully saturated rings. The second kappa shape index (κ2) is 5.29. The quantitative estimate of drug-likeness (QED) is 0.845. The van der Waals surface area contributed by atoms with Crippen LogP contribution in [0, 0.1) is 0 Å². The number of carboxylic acid groups (broad SMARTS) is 1. The van der Waals surface area contributed by atoms with Gasteiger partial charge in [-0.3, -0.25) is 4.79 Å². The molecule has 0 unspecified atom stereocenters. The Morgan fingerprint density at radius 2 is 2.00 bits per heavy atom. The van der Waals surface area contributed by atoms with Crippen molar-refractivity contribution in [3.63, 3.8) is 0 Å². The normalized spacial score (nSPS) is 11.3. The van der Waals surface area contributed by atoms with Crippen LogP contribution in [0.1, 0.15) is 38.3 Å². The molecule has 0 saturated heterocycles. The van der Waals surface area contributed by atoms with E-state index in [0.717, 1.165) is 12.0 Å². The fraction of sp³-hybridized carbons (Fsp3) is 0.500. The predicted molar refractivity (Wildman–Crippen MR) is 69.3 cm³/mol. The highest BCUT2D eigenvalue weighted by Gasteiger charge is 2.29. The average molecular weight is 252 g/mol. The number of methoxy groups -OCH3 is 1. The van der Waals surface area contributed by atoms with E-state index in [2.05, 4.69) is 0 Å². The van der Waals surface area contributed by atoms with E-state index in [1.54, 1.807) is 19.9 Å². The van der Waals surface area contributed by atoms with Crippen molar-refractivity contribution in [2.45, 2.75) is 39.0 Å². The fourth-order valence-corrected chi connectivity index (χ4v) is 2.01. The molecule has 1 aromatic carbocycles. The molecule has 0 saturated carbocycles. The van der Waals surface area contributed by atoms with Crippen LogP contribution in [0.3, 0.4) is 0 Å². The van der Waals surface area contributed by atoms with Crippen molar-refractivity contribution in [2.75, 3.05) is 7.11 Å². The molecule has 18 heavy (non-hydrogen) atoms. The van der Waals surface area contributed by atoms with Crippen molar-refractivity contribution in [2.24, 2.45) is 0 Å². The average Bonchev–Trinajstić information content (AvgIpc) is 2.27. The van der Waals surface area contributed by atoms with Crippen LogP contribution in [0.4, 0.5) is 0 Å². The zero-order valence-corrected chi connectivity index (χ0v) is 11.3.